The third kappa shape index (κ3) is 2.02. The van der Waals surface area contributed by atoms with Crippen molar-refractivity contribution in [2.75, 3.05) is 6.61 Å². The first kappa shape index (κ1) is 10.5. The van der Waals surface area contributed by atoms with Gasteiger partial charge >= 0.3 is 0 Å². The molecule has 3 heteroatoms. The summed E-state index contributed by atoms with van der Waals surface area (Å²) >= 11 is 0. The van der Waals surface area contributed by atoms with Gasteiger partial charge in [-0.05, 0) is 12.8 Å². The van der Waals surface area contributed by atoms with Crippen LogP contribution in [0.1, 0.15) is 26.7 Å². The van der Waals surface area contributed by atoms with E-state index in [0.29, 0.717) is 6.61 Å². The smallest absolute Gasteiger partial charge is 0.168 e. The van der Waals surface area contributed by atoms with Crippen LogP contribution in [0.3, 0.4) is 0 Å². The first-order valence-electron chi connectivity index (χ1n) is 4.63. The Kier molecular flexibility index (Phi) is 3.32. The van der Waals surface area contributed by atoms with Crippen LogP contribution in [0.25, 0.3) is 0 Å². The maximum atomic E-state index is 9.34. The van der Waals surface area contributed by atoms with Crippen LogP contribution in [0.4, 0.5) is 0 Å². The van der Waals surface area contributed by atoms with E-state index in [-0.39, 0.29) is 6.10 Å². The number of rotatable bonds is 3. The Labute approximate surface area is 79.0 Å². The van der Waals surface area contributed by atoms with E-state index in [1.165, 1.54) is 0 Å². The summed E-state index contributed by atoms with van der Waals surface area (Å²) in [5.41, 5.74) is 0. The van der Waals surface area contributed by atoms with Crippen molar-refractivity contribution in [2.45, 2.75) is 44.7 Å². The van der Waals surface area contributed by atoms with Gasteiger partial charge in [0, 0.05) is 0 Å². The van der Waals surface area contributed by atoms with Crippen molar-refractivity contribution in [3.8, 4) is 12.3 Å². The van der Waals surface area contributed by atoms with E-state index in [2.05, 4.69) is 5.92 Å². The molecule has 0 bridgehead atoms. The summed E-state index contributed by atoms with van der Waals surface area (Å²) in [7, 11) is 0. The SMILES string of the molecule is C#C[C@H](O)[C@H]1COC(CC)(CC)O1. The Morgan fingerprint density at radius 2 is 2.23 bits per heavy atom. The van der Waals surface area contributed by atoms with E-state index in [4.69, 9.17) is 15.9 Å². The normalized spacial score (nSPS) is 28.3. The lowest BCUT2D eigenvalue weighted by molar-refractivity contribution is -0.178. The summed E-state index contributed by atoms with van der Waals surface area (Å²) in [5.74, 6) is 1.72. The molecule has 74 valence electrons. The standard InChI is InChI=1S/C10H16O3/c1-4-8(11)9-7-12-10(5-2,6-3)13-9/h1,8-9,11H,5-7H2,2-3H3/t8-,9+/m0/s1. The van der Waals surface area contributed by atoms with Crippen LogP contribution >= 0.6 is 0 Å². The highest BCUT2D eigenvalue weighted by molar-refractivity contribution is 5.00. The number of hydrogen-bond donors (Lipinski definition) is 1. The van der Waals surface area contributed by atoms with Gasteiger partial charge in [0.2, 0.25) is 0 Å². The van der Waals surface area contributed by atoms with Crippen molar-refractivity contribution in [2.24, 2.45) is 0 Å². The molecule has 1 N–H and O–H groups in total. The molecule has 0 spiro atoms. The topological polar surface area (TPSA) is 38.7 Å². The molecule has 0 aromatic rings. The summed E-state index contributed by atoms with van der Waals surface area (Å²) < 4.78 is 11.1. The van der Waals surface area contributed by atoms with E-state index in [0.717, 1.165) is 12.8 Å². The zero-order chi connectivity index (χ0) is 9.90. The Bertz CT molecular complexity index is 203. The van der Waals surface area contributed by atoms with Gasteiger partial charge in [-0.2, -0.15) is 0 Å². The Morgan fingerprint density at radius 1 is 1.62 bits per heavy atom. The maximum absolute atomic E-state index is 9.34. The highest BCUT2D eigenvalue weighted by Gasteiger charge is 2.40. The van der Waals surface area contributed by atoms with Gasteiger partial charge in [-0.15, -0.1) is 6.42 Å². The summed E-state index contributed by atoms with van der Waals surface area (Å²) in [6.07, 6.45) is 5.41. The van der Waals surface area contributed by atoms with Gasteiger partial charge in [0.1, 0.15) is 12.2 Å². The van der Waals surface area contributed by atoms with Crippen LogP contribution in [0.15, 0.2) is 0 Å². The van der Waals surface area contributed by atoms with Gasteiger partial charge in [-0.1, -0.05) is 19.8 Å². The predicted octanol–water partition coefficient (Wildman–Crippen LogP) is 0.912. The second kappa shape index (κ2) is 4.10. The van der Waals surface area contributed by atoms with E-state index in [9.17, 15) is 5.11 Å². The van der Waals surface area contributed by atoms with Crippen molar-refractivity contribution in [1.82, 2.24) is 0 Å². The minimum absolute atomic E-state index is 0.370. The lowest BCUT2D eigenvalue weighted by Gasteiger charge is -2.25. The number of aliphatic hydroxyl groups excluding tert-OH is 1. The molecule has 0 radical (unpaired) electrons. The van der Waals surface area contributed by atoms with Crippen LogP contribution in [0.2, 0.25) is 0 Å². The molecule has 3 nitrogen and oxygen atoms in total. The van der Waals surface area contributed by atoms with Gasteiger partial charge in [0.05, 0.1) is 6.61 Å². The Balaban J connectivity index is 2.57. The molecule has 0 aromatic heterocycles. The fraction of sp³-hybridized carbons (Fsp3) is 0.800. The molecule has 0 amide bonds. The minimum Gasteiger partial charge on any atom is -0.378 e. The van der Waals surface area contributed by atoms with Crippen molar-refractivity contribution >= 4 is 0 Å². The molecule has 0 saturated carbocycles. The number of hydrogen-bond acceptors (Lipinski definition) is 3. The van der Waals surface area contributed by atoms with Crippen molar-refractivity contribution in [1.29, 1.82) is 0 Å². The lowest BCUT2D eigenvalue weighted by atomic mass is 10.1. The highest BCUT2D eigenvalue weighted by atomic mass is 16.7. The largest absolute Gasteiger partial charge is 0.378 e. The van der Waals surface area contributed by atoms with Crippen LogP contribution in [0, 0.1) is 12.3 Å². The quantitative estimate of drug-likeness (QED) is 0.663. The van der Waals surface area contributed by atoms with Gasteiger partial charge in [0.15, 0.2) is 5.79 Å². The number of terminal acetylenes is 1. The zero-order valence-corrected chi connectivity index (χ0v) is 8.12. The van der Waals surface area contributed by atoms with E-state index in [1.54, 1.807) is 0 Å². The summed E-state index contributed by atoms with van der Waals surface area (Å²) in [6.45, 7) is 4.37. The number of aliphatic hydroxyl groups is 1. The molecule has 13 heavy (non-hydrogen) atoms. The van der Waals surface area contributed by atoms with Gasteiger partial charge in [0.25, 0.3) is 0 Å². The summed E-state index contributed by atoms with van der Waals surface area (Å²) in [6, 6.07) is 0. The monoisotopic (exact) mass is 184 g/mol. The third-order valence-electron chi connectivity index (χ3n) is 2.48. The van der Waals surface area contributed by atoms with Crippen LogP contribution in [0.5, 0.6) is 0 Å². The molecule has 1 rings (SSSR count). The first-order valence-corrected chi connectivity index (χ1v) is 4.63. The maximum Gasteiger partial charge on any atom is 0.168 e. The molecule has 1 aliphatic heterocycles. The summed E-state index contributed by atoms with van der Waals surface area (Å²) in [5, 5.41) is 9.34. The lowest BCUT2D eigenvalue weighted by Crippen LogP contribution is -2.32. The molecule has 2 atom stereocenters. The average molecular weight is 184 g/mol. The molecule has 0 aliphatic carbocycles. The average Bonchev–Trinajstić information content (AvgIpc) is 2.61. The van der Waals surface area contributed by atoms with Gasteiger partial charge < -0.3 is 14.6 Å². The highest BCUT2D eigenvalue weighted by Crippen LogP contribution is 2.31. The number of ether oxygens (including phenoxy) is 2. The molecule has 1 heterocycles. The first-order chi connectivity index (χ1) is 6.17. The molecular weight excluding hydrogens is 168 g/mol. The molecule has 1 fully saturated rings. The van der Waals surface area contributed by atoms with E-state index < -0.39 is 11.9 Å². The fourth-order valence-electron chi connectivity index (χ4n) is 1.46. The fourth-order valence-corrected chi connectivity index (χ4v) is 1.46. The minimum atomic E-state index is -0.861. The van der Waals surface area contributed by atoms with E-state index >= 15 is 0 Å². The predicted molar refractivity (Wildman–Crippen MR) is 49.0 cm³/mol. The van der Waals surface area contributed by atoms with Crippen LogP contribution < -0.4 is 0 Å². The molecule has 1 aliphatic rings. The molecule has 0 aromatic carbocycles. The van der Waals surface area contributed by atoms with Crippen molar-refractivity contribution in [3.63, 3.8) is 0 Å². The molecular formula is C10H16O3. The summed E-state index contributed by atoms with van der Waals surface area (Å²) in [4.78, 5) is 0. The molecule has 0 unspecified atom stereocenters. The van der Waals surface area contributed by atoms with Gasteiger partial charge in [-0.3, -0.25) is 0 Å². The van der Waals surface area contributed by atoms with Crippen molar-refractivity contribution in [3.05, 3.63) is 0 Å². The Hall–Kier alpha value is -0.560. The third-order valence-corrected chi connectivity index (χ3v) is 2.48. The molecule has 1 saturated heterocycles. The Morgan fingerprint density at radius 3 is 2.62 bits per heavy atom. The van der Waals surface area contributed by atoms with Gasteiger partial charge in [-0.25, -0.2) is 0 Å². The van der Waals surface area contributed by atoms with Crippen LogP contribution in [-0.2, 0) is 9.47 Å². The second-order valence-corrected chi connectivity index (χ2v) is 3.20. The van der Waals surface area contributed by atoms with E-state index in [1.807, 2.05) is 13.8 Å². The second-order valence-electron chi connectivity index (χ2n) is 3.20. The van der Waals surface area contributed by atoms with Crippen molar-refractivity contribution < 1.29 is 14.6 Å². The zero-order valence-electron chi connectivity index (χ0n) is 8.12. The van der Waals surface area contributed by atoms with Crippen LogP contribution in [-0.4, -0.2) is 29.7 Å².